The summed E-state index contributed by atoms with van der Waals surface area (Å²) in [5, 5.41) is 0. The Labute approximate surface area is 335 Å². The highest BCUT2D eigenvalue weighted by atomic mass is 32.3. The molecule has 2 nitrogen and oxygen atoms in total. The Balaban J connectivity index is 1.05. The molecule has 0 N–H and O–H groups in total. The van der Waals surface area contributed by atoms with Crippen molar-refractivity contribution in [2.75, 3.05) is 22.3 Å². The van der Waals surface area contributed by atoms with Crippen molar-refractivity contribution in [2.45, 2.75) is 67.1 Å². The minimum atomic E-state index is -1.13. The van der Waals surface area contributed by atoms with Gasteiger partial charge in [-0.2, -0.15) is 10.0 Å². The van der Waals surface area contributed by atoms with Crippen LogP contribution in [0.2, 0.25) is 0 Å². The number of rotatable bonds is 9. The Morgan fingerprint density at radius 2 is 0.857 bits per heavy atom. The third-order valence-electron chi connectivity index (χ3n) is 12.5. The first-order chi connectivity index (χ1) is 27.3. The van der Waals surface area contributed by atoms with Crippen molar-refractivity contribution in [3.8, 4) is 11.1 Å². The Morgan fingerprint density at radius 3 is 1.41 bits per heavy atom. The van der Waals surface area contributed by atoms with Crippen LogP contribution in [0.5, 0.6) is 0 Å². The maximum Gasteiger partial charge on any atom is 0.0472 e. The van der Waals surface area contributed by atoms with E-state index in [1.54, 1.807) is 0 Å². The zero-order chi connectivity index (χ0) is 38.3. The summed E-state index contributed by atoms with van der Waals surface area (Å²) < 4.78 is 0. The van der Waals surface area contributed by atoms with Crippen LogP contribution < -0.4 is 9.80 Å². The summed E-state index contributed by atoms with van der Waals surface area (Å²) in [6, 6.07) is 65.4. The Kier molecular flexibility index (Phi) is 9.59. The summed E-state index contributed by atoms with van der Waals surface area (Å²) in [7, 11) is -1.13. The van der Waals surface area contributed by atoms with E-state index in [9.17, 15) is 0 Å². The van der Waals surface area contributed by atoms with Crippen LogP contribution in [0, 0.1) is 0 Å². The van der Waals surface area contributed by atoms with Gasteiger partial charge in [0.25, 0.3) is 0 Å². The predicted molar refractivity (Wildman–Crippen MR) is 242 cm³/mol. The lowest BCUT2D eigenvalue weighted by Gasteiger charge is -2.32. The summed E-state index contributed by atoms with van der Waals surface area (Å²) in [4.78, 5) is 7.75. The van der Waals surface area contributed by atoms with Gasteiger partial charge in [-0.3, -0.25) is 0 Å². The largest absolute Gasteiger partial charge is 0.311 e. The second-order valence-electron chi connectivity index (χ2n) is 16.5. The number of anilines is 6. The minimum absolute atomic E-state index is 0.194. The van der Waals surface area contributed by atoms with Gasteiger partial charge in [-0.1, -0.05) is 130 Å². The van der Waals surface area contributed by atoms with Crippen LogP contribution in [-0.2, 0) is 5.41 Å². The highest BCUT2D eigenvalue weighted by Crippen LogP contribution is 2.67. The molecule has 0 unspecified atom stereocenters. The van der Waals surface area contributed by atoms with Crippen LogP contribution in [-0.4, -0.2) is 12.5 Å². The molecule has 0 amide bonds. The maximum atomic E-state index is 2.48. The quantitative estimate of drug-likeness (QED) is 0.145. The lowest BCUT2D eigenvalue weighted by atomic mass is 9.78. The molecule has 1 aliphatic heterocycles. The number of benzene rings is 7. The molecule has 280 valence electrons. The molecular weight excluding hydrogens is 697 g/mol. The summed E-state index contributed by atoms with van der Waals surface area (Å²) in [6.07, 6.45) is 11.6. The molecule has 1 aliphatic carbocycles. The van der Waals surface area contributed by atoms with Gasteiger partial charge in [-0.05, 0) is 138 Å². The van der Waals surface area contributed by atoms with Gasteiger partial charge in [0.1, 0.15) is 0 Å². The number of hydrogen-bond acceptors (Lipinski definition) is 2. The summed E-state index contributed by atoms with van der Waals surface area (Å²) >= 11 is 0. The average molecular weight is 749 g/mol. The molecule has 0 atom stereocenters. The molecule has 0 saturated heterocycles. The molecule has 0 spiro atoms. The van der Waals surface area contributed by atoms with Crippen molar-refractivity contribution < 1.29 is 0 Å². The number of para-hydroxylation sites is 2. The smallest absolute Gasteiger partial charge is 0.0472 e. The molecule has 56 heavy (non-hydrogen) atoms. The van der Waals surface area contributed by atoms with Crippen LogP contribution in [0.1, 0.15) is 68.6 Å². The van der Waals surface area contributed by atoms with Crippen molar-refractivity contribution in [2.24, 2.45) is 0 Å². The van der Waals surface area contributed by atoms with E-state index in [4.69, 9.17) is 0 Å². The molecule has 3 heteroatoms. The van der Waals surface area contributed by atoms with Crippen molar-refractivity contribution >= 4 is 44.2 Å². The summed E-state index contributed by atoms with van der Waals surface area (Å²) in [5.41, 5.74) is 13.7. The molecule has 0 radical (unpaired) electrons. The third-order valence-corrected chi connectivity index (χ3v) is 15.3. The van der Waals surface area contributed by atoms with Crippen molar-refractivity contribution in [1.82, 2.24) is 0 Å². The second-order valence-corrected chi connectivity index (χ2v) is 20.0. The second kappa shape index (κ2) is 14.9. The molecule has 0 aromatic heterocycles. The topological polar surface area (TPSA) is 6.48 Å². The zero-order valence-corrected chi connectivity index (χ0v) is 34.0. The van der Waals surface area contributed by atoms with Crippen LogP contribution in [0.25, 0.3) is 11.1 Å². The molecule has 7 aromatic carbocycles. The molecule has 9 rings (SSSR count). The van der Waals surface area contributed by atoms with E-state index in [2.05, 4.69) is 212 Å². The molecule has 1 heterocycles. The zero-order valence-electron chi connectivity index (χ0n) is 33.2. The summed E-state index contributed by atoms with van der Waals surface area (Å²) in [6.45, 7) is 4.68. The fraction of sp³-hybridized carbons (Fsp3) is 0.208. The normalized spacial score (nSPS) is 15.4. The molecule has 0 bridgehead atoms. The molecule has 1 saturated carbocycles. The molecule has 2 aliphatic rings. The predicted octanol–water partition coefficient (Wildman–Crippen LogP) is 15.5. The van der Waals surface area contributed by atoms with E-state index in [0.29, 0.717) is 5.92 Å². The van der Waals surface area contributed by atoms with E-state index in [0.717, 1.165) is 17.1 Å². The van der Waals surface area contributed by atoms with Gasteiger partial charge in [0.05, 0.1) is 0 Å². The third kappa shape index (κ3) is 6.62. The summed E-state index contributed by atoms with van der Waals surface area (Å²) in [5.74, 6) is 0.685. The number of nitrogens with zero attached hydrogens (tertiary/aromatic N) is 2. The number of hydrogen-bond donors (Lipinski definition) is 0. The highest BCUT2D eigenvalue weighted by molar-refractivity contribution is 8.33. The van der Waals surface area contributed by atoms with Crippen LogP contribution >= 0.6 is 10.0 Å². The SMILES string of the molecule is CC(C)(c1ccc(N(c2ccccc2)c2ccccc2)cc1)c1ccc(N(c2ccc(C3CCCCC3)cc2)c2ccc3c(c2)S(C)(C)c2ccccc2-3)cc1. The van der Waals surface area contributed by atoms with Gasteiger partial charge in [0, 0.05) is 49.3 Å². The van der Waals surface area contributed by atoms with Gasteiger partial charge in [0.15, 0.2) is 0 Å². The monoisotopic (exact) mass is 748 g/mol. The van der Waals surface area contributed by atoms with Gasteiger partial charge >= 0.3 is 0 Å². The Bertz CT molecular complexity index is 2390. The molecule has 7 aromatic rings. The van der Waals surface area contributed by atoms with Crippen molar-refractivity contribution in [3.63, 3.8) is 0 Å². The average Bonchev–Trinajstić information content (AvgIpc) is 3.48. The number of fused-ring (bicyclic) bond motifs is 3. The lowest BCUT2D eigenvalue weighted by molar-refractivity contribution is 0.443. The van der Waals surface area contributed by atoms with E-state index < -0.39 is 10.0 Å². The molecule has 1 fully saturated rings. The van der Waals surface area contributed by atoms with E-state index in [1.807, 2.05) is 0 Å². The van der Waals surface area contributed by atoms with Gasteiger partial charge in [-0.25, -0.2) is 0 Å². The standard InChI is InChI=1S/C53H52N2S/c1-53(2,41-26-32-46(33-27-41)54(43-18-10-6-11-19-43)44-20-12-7-13-21-44)42-28-34-47(35-29-42)55(45-30-24-40(25-31-45)39-16-8-5-9-17-39)48-36-37-50-49-22-14-15-23-51(49)56(3,4)52(50)38-48/h6-7,10-15,18-39H,5,8-9,16-17H2,1-4H3. The van der Waals surface area contributed by atoms with E-state index >= 15 is 0 Å². The van der Waals surface area contributed by atoms with E-state index in [-0.39, 0.29) is 5.41 Å². The Hall–Kier alpha value is -5.51. The van der Waals surface area contributed by atoms with Crippen molar-refractivity contribution in [3.05, 3.63) is 193 Å². The van der Waals surface area contributed by atoms with Crippen LogP contribution in [0.3, 0.4) is 0 Å². The minimum Gasteiger partial charge on any atom is -0.311 e. The van der Waals surface area contributed by atoms with E-state index in [1.165, 1.54) is 86.8 Å². The van der Waals surface area contributed by atoms with Crippen LogP contribution in [0.4, 0.5) is 34.1 Å². The lowest BCUT2D eigenvalue weighted by Crippen LogP contribution is -2.19. The highest BCUT2D eigenvalue weighted by Gasteiger charge is 2.32. The van der Waals surface area contributed by atoms with Gasteiger partial charge in [-0.15, -0.1) is 0 Å². The van der Waals surface area contributed by atoms with Crippen LogP contribution in [0.15, 0.2) is 186 Å². The Morgan fingerprint density at radius 1 is 0.429 bits per heavy atom. The molecular formula is C53H52N2S. The van der Waals surface area contributed by atoms with Gasteiger partial charge in [0.2, 0.25) is 0 Å². The first kappa shape index (κ1) is 36.1. The maximum absolute atomic E-state index is 2.48. The first-order valence-electron chi connectivity index (χ1n) is 20.3. The fourth-order valence-electron chi connectivity index (χ4n) is 9.15. The van der Waals surface area contributed by atoms with Gasteiger partial charge < -0.3 is 9.80 Å². The van der Waals surface area contributed by atoms with Crippen molar-refractivity contribution in [1.29, 1.82) is 0 Å². The first-order valence-corrected chi connectivity index (χ1v) is 22.7. The fourth-order valence-corrected chi connectivity index (χ4v) is 11.7.